The molecule has 1 amide bonds. The second kappa shape index (κ2) is 8.37. The number of nitrogens with zero attached hydrogens (tertiary/aromatic N) is 2. The van der Waals surface area contributed by atoms with Gasteiger partial charge in [-0.3, -0.25) is 4.79 Å². The highest BCUT2D eigenvalue weighted by Crippen LogP contribution is 2.26. The number of carbonyl (C=O) groups excluding carboxylic acids is 1. The summed E-state index contributed by atoms with van der Waals surface area (Å²) in [5.41, 5.74) is 0. The summed E-state index contributed by atoms with van der Waals surface area (Å²) in [4.78, 5) is 14.7. The Balaban J connectivity index is 1.60. The van der Waals surface area contributed by atoms with Crippen LogP contribution in [0.1, 0.15) is 19.8 Å². The van der Waals surface area contributed by atoms with Gasteiger partial charge in [0.05, 0.1) is 24.7 Å². The molecule has 0 radical (unpaired) electrons. The van der Waals surface area contributed by atoms with Crippen molar-refractivity contribution in [2.24, 2.45) is 5.92 Å². The Labute approximate surface area is 154 Å². The van der Waals surface area contributed by atoms with Crippen molar-refractivity contribution in [3.05, 3.63) is 24.3 Å². The Morgan fingerprint density at radius 1 is 1.12 bits per heavy atom. The normalized spacial score (nSPS) is 20.1. The fraction of sp³-hybridized carbons (Fsp3) is 0.611. The quantitative estimate of drug-likeness (QED) is 0.768. The molecule has 2 aliphatic heterocycles. The van der Waals surface area contributed by atoms with Gasteiger partial charge in [-0.2, -0.15) is 4.31 Å². The summed E-state index contributed by atoms with van der Waals surface area (Å²) in [6.45, 7) is 5.58. The second-order valence-corrected chi connectivity index (χ2v) is 8.46. The molecule has 144 valence electrons. The first-order valence-electron chi connectivity index (χ1n) is 9.12. The van der Waals surface area contributed by atoms with Crippen LogP contribution in [0.15, 0.2) is 29.2 Å². The van der Waals surface area contributed by atoms with Gasteiger partial charge in [0.25, 0.3) is 0 Å². The van der Waals surface area contributed by atoms with Gasteiger partial charge in [0.1, 0.15) is 5.75 Å². The van der Waals surface area contributed by atoms with Gasteiger partial charge in [-0.05, 0) is 44.0 Å². The fourth-order valence-electron chi connectivity index (χ4n) is 3.41. The first kappa shape index (κ1) is 19.1. The SMILES string of the molecule is CCOc1ccc(S(=O)(=O)N2CCC(C(=O)N3CCOCC3)CC2)cc1. The lowest BCUT2D eigenvalue weighted by molar-refractivity contribution is -0.140. The Bertz CT molecular complexity index is 706. The van der Waals surface area contributed by atoms with Gasteiger partial charge < -0.3 is 14.4 Å². The number of sulfonamides is 1. The maximum atomic E-state index is 12.8. The van der Waals surface area contributed by atoms with Gasteiger partial charge in [-0.15, -0.1) is 0 Å². The number of hydrogen-bond acceptors (Lipinski definition) is 5. The lowest BCUT2D eigenvalue weighted by atomic mass is 9.96. The highest BCUT2D eigenvalue weighted by Gasteiger charge is 2.34. The molecule has 8 heteroatoms. The molecule has 0 N–H and O–H groups in total. The number of benzene rings is 1. The van der Waals surface area contributed by atoms with Gasteiger partial charge in [0, 0.05) is 32.1 Å². The molecule has 2 fully saturated rings. The van der Waals surface area contributed by atoms with E-state index < -0.39 is 10.0 Å². The van der Waals surface area contributed by atoms with Gasteiger partial charge in [-0.25, -0.2) is 8.42 Å². The highest BCUT2D eigenvalue weighted by molar-refractivity contribution is 7.89. The molecule has 0 aliphatic carbocycles. The summed E-state index contributed by atoms with van der Waals surface area (Å²) in [7, 11) is -3.53. The predicted molar refractivity (Wildman–Crippen MR) is 96.5 cm³/mol. The Kier molecular flexibility index (Phi) is 6.16. The third-order valence-corrected chi connectivity index (χ3v) is 6.81. The number of carbonyl (C=O) groups is 1. The Morgan fingerprint density at radius 3 is 2.31 bits per heavy atom. The van der Waals surface area contributed by atoms with Gasteiger partial charge in [-0.1, -0.05) is 0 Å². The van der Waals surface area contributed by atoms with Crippen molar-refractivity contribution < 1.29 is 22.7 Å². The predicted octanol–water partition coefficient (Wildman–Crippen LogP) is 1.34. The van der Waals surface area contributed by atoms with Crippen LogP contribution in [0.2, 0.25) is 0 Å². The van der Waals surface area contributed by atoms with Crippen molar-refractivity contribution in [2.75, 3.05) is 46.0 Å². The van der Waals surface area contributed by atoms with Crippen LogP contribution in [0.4, 0.5) is 0 Å². The molecule has 0 spiro atoms. The molecule has 0 aromatic heterocycles. The fourth-order valence-corrected chi connectivity index (χ4v) is 4.88. The minimum Gasteiger partial charge on any atom is -0.494 e. The minimum atomic E-state index is -3.53. The molecule has 26 heavy (non-hydrogen) atoms. The van der Waals surface area contributed by atoms with Crippen LogP contribution in [0.5, 0.6) is 5.75 Å². The zero-order chi connectivity index (χ0) is 18.6. The number of piperidine rings is 1. The molecule has 1 aromatic rings. The lowest BCUT2D eigenvalue weighted by Gasteiger charge is -2.35. The van der Waals surface area contributed by atoms with E-state index in [4.69, 9.17) is 9.47 Å². The van der Waals surface area contributed by atoms with Crippen molar-refractivity contribution in [3.8, 4) is 5.75 Å². The molecule has 2 saturated heterocycles. The smallest absolute Gasteiger partial charge is 0.243 e. The summed E-state index contributed by atoms with van der Waals surface area (Å²) < 4.78 is 37.7. The van der Waals surface area contributed by atoms with E-state index in [0.29, 0.717) is 64.6 Å². The highest BCUT2D eigenvalue weighted by atomic mass is 32.2. The van der Waals surface area contributed by atoms with E-state index in [-0.39, 0.29) is 16.7 Å². The van der Waals surface area contributed by atoms with Gasteiger partial charge in [0.2, 0.25) is 15.9 Å². The van der Waals surface area contributed by atoms with Gasteiger partial charge in [0.15, 0.2) is 0 Å². The third kappa shape index (κ3) is 4.19. The summed E-state index contributed by atoms with van der Waals surface area (Å²) >= 11 is 0. The van der Waals surface area contributed by atoms with Crippen LogP contribution < -0.4 is 4.74 Å². The maximum Gasteiger partial charge on any atom is 0.243 e. The second-order valence-electron chi connectivity index (χ2n) is 6.52. The van der Waals surface area contributed by atoms with Crippen LogP contribution in [-0.4, -0.2) is 69.5 Å². The van der Waals surface area contributed by atoms with Crippen molar-refractivity contribution >= 4 is 15.9 Å². The average Bonchev–Trinajstić information content (AvgIpc) is 2.69. The molecule has 0 atom stereocenters. The van der Waals surface area contributed by atoms with Crippen molar-refractivity contribution in [2.45, 2.75) is 24.7 Å². The zero-order valence-electron chi connectivity index (χ0n) is 15.1. The summed E-state index contributed by atoms with van der Waals surface area (Å²) in [5.74, 6) is 0.688. The molecular weight excluding hydrogens is 356 g/mol. The average molecular weight is 382 g/mol. The van der Waals surface area contributed by atoms with Crippen molar-refractivity contribution in [3.63, 3.8) is 0 Å². The largest absolute Gasteiger partial charge is 0.494 e. The van der Waals surface area contributed by atoms with E-state index in [1.54, 1.807) is 24.3 Å². The maximum absolute atomic E-state index is 12.8. The van der Waals surface area contributed by atoms with E-state index in [9.17, 15) is 13.2 Å². The van der Waals surface area contributed by atoms with Gasteiger partial charge >= 0.3 is 0 Å². The minimum absolute atomic E-state index is 0.0973. The number of amides is 1. The van der Waals surface area contributed by atoms with Crippen LogP contribution in [0.25, 0.3) is 0 Å². The van der Waals surface area contributed by atoms with Crippen molar-refractivity contribution in [1.82, 2.24) is 9.21 Å². The van der Waals surface area contributed by atoms with Crippen LogP contribution in [-0.2, 0) is 19.6 Å². The molecule has 3 rings (SSSR count). The molecule has 1 aromatic carbocycles. The van der Waals surface area contributed by atoms with E-state index in [2.05, 4.69) is 0 Å². The Morgan fingerprint density at radius 2 is 1.73 bits per heavy atom. The topological polar surface area (TPSA) is 76.2 Å². The molecule has 2 aliphatic rings. The third-order valence-electron chi connectivity index (χ3n) is 4.90. The Hall–Kier alpha value is -1.64. The molecule has 0 unspecified atom stereocenters. The number of hydrogen-bond donors (Lipinski definition) is 0. The summed E-state index contributed by atoms with van der Waals surface area (Å²) in [5, 5.41) is 0. The molecule has 2 heterocycles. The first-order valence-corrected chi connectivity index (χ1v) is 10.6. The lowest BCUT2D eigenvalue weighted by Crippen LogP contribution is -2.47. The standard InChI is InChI=1S/C18H26N2O5S/c1-2-25-16-3-5-17(6-4-16)26(22,23)20-9-7-15(8-10-20)18(21)19-11-13-24-14-12-19/h3-6,15H,2,7-14H2,1H3. The molecule has 0 bridgehead atoms. The van der Waals surface area contributed by atoms with Crippen LogP contribution >= 0.6 is 0 Å². The van der Waals surface area contributed by atoms with Crippen LogP contribution in [0, 0.1) is 5.92 Å². The van der Waals surface area contributed by atoms with E-state index in [0.717, 1.165) is 0 Å². The van der Waals surface area contributed by atoms with Crippen molar-refractivity contribution in [1.29, 1.82) is 0 Å². The summed E-state index contributed by atoms with van der Waals surface area (Å²) in [6.07, 6.45) is 1.12. The van der Waals surface area contributed by atoms with Crippen LogP contribution in [0.3, 0.4) is 0 Å². The number of rotatable bonds is 5. The monoisotopic (exact) mass is 382 g/mol. The zero-order valence-corrected chi connectivity index (χ0v) is 15.9. The van der Waals surface area contributed by atoms with E-state index in [1.165, 1.54) is 4.31 Å². The number of morpholine rings is 1. The summed E-state index contributed by atoms with van der Waals surface area (Å²) in [6, 6.07) is 6.49. The molecule has 0 saturated carbocycles. The molecular formula is C18H26N2O5S. The van der Waals surface area contributed by atoms with E-state index in [1.807, 2.05) is 11.8 Å². The number of ether oxygens (including phenoxy) is 2. The molecule has 7 nitrogen and oxygen atoms in total. The van der Waals surface area contributed by atoms with E-state index >= 15 is 0 Å². The first-order chi connectivity index (χ1) is 12.5.